The summed E-state index contributed by atoms with van der Waals surface area (Å²) in [4.78, 5) is 38.1. The Bertz CT molecular complexity index is 1500. The van der Waals surface area contributed by atoms with E-state index in [1.807, 2.05) is 21.1 Å². The second-order valence-electron chi connectivity index (χ2n) is 27.4. The summed E-state index contributed by atoms with van der Waals surface area (Å²) < 4.78 is 34.3. The number of carbonyl (C=O) groups excluding carboxylic acids is 2. The molecule has 0 aliphatic carbocycles. The molecule has 86 heavy (non-hydrogen) atoms. The molecule has 0 N–H and O–H groups in total. The molecule has 0 heterocycles. The molecular weight excluding hydrogens is 1090 g/mol. The Morgan fingerprint density at radius 2 is 0.593 bits per heavy atom. The fraction of sp³-hybridized carbons (Fsp3) is 0.921. The number of esters is 2. The van der Waals surface area contributed by atoms with Crippen LogP contribution in [0.2, 0.25) is 0 Å². The number of rotatable bonds is 72. The highest BCUT2D eigenvalue weighted by atomic mass is 31.2. The van der Waals surface area contributed by atoms with Gasteiger partial charge in [-0.05, 0) is 64.2 Å². The lowest BCUT2D eigenvalue weighted by Crippen LogP contribution is -2.37. The predicted octanol–water partition coefficient (Wildman–Crippen LogP) is 24.2. The van der Waals surface area contributed by atoms with Crippen LogP contribution in [0.3, 0.4) is 0 Å². The third kappa shape index (κ3) is 71.6. The van der Waals surface area contributed by atoms with Gasteiger partial charge in [0.1, 0.15) is 19.8 Å². The molecule has 9 nitrogen and oxygen atoms in total. The van der Waals surface area contributed by atoms with Crippen molar-refractivity contribution in [2.24, 2.45) is 0 Å². The second kappa shape index (κ2) is 67.9. The minimum absolute atomic E-state index is 0.0275. The Kier molecular flexibility index (Phi) is 66.7. The topological polar surface area (TPSA) is 111 Å². The SMILES string of the molecule is CCCCCCCCCC/C=C\CCCCCCCCCCCCCCCCCCCCCCCCCCCCCCCC(=O)OC(COC(=O)CCCCCCCCCCC/C=C\CCCCCCCCCC)COP(=O)([O-])OCC[N+](C)(C)C. The molecule has 0 saturated heterocycles. The monoisotopic (exact) mass is 1230 g/mol. The van der Waals surface area contributed by atoms with E-state index in [4.69, 9.17) is 18.5 Å². The van der Waals surface area contributed by atoms with Gasteiger partial charge in [0, 0.05) is 12.8 Å². The van der Waals surface area contributed by atoms with E-state index in [9.17, 15) is 19.0 Å². The Morgan fingerprint density at radius 1 is 0.349 bits per heavy atom. The van der Waals surface area contributed by atoms with Crippen molar-refractivity contribution in [1.82, 2.24) is 0 Å². The molecule has 10 heteroatoms. The smallest absolute Gasteiger partial charge is 0.306 e. The molecule has 0 bridgehead atoms. The molecule has 0 rings (SSSR count). The molecule has 2 atom stereocenters. The van der Waals surface area contributed by atoms with Gasteiger partial charge in [-0.25, -0.2) is 0 Å². The molecule has 0 aliphatic rings. The van der Waals surface area contributed by atoms with Crippen LogP contribution < -0.4 is 4.89 Å². The predicted molar refractivity (Wildman–Crippen MR) is 370 cm³/mol. The third-order valence-corrected chi connectivity index (χ3v) is 18.4. The first kappa shape index (κ1) is 84.5. The van der Waals surface area contributed by atoms with Gasteiger partial charge in [-0.15, -0.1) is 0 Å². The number of hydrogen-bond donors (Lipinski definition) is 0. The molecular formula is C76H148NO8P. The van der Waals surface area contributed by atoms with Crippen LogP contribution in [0.5, 0.6) is 0 Å². The molecule has 0 aliphatic heterocycles. The van der Waals surface area contributed by atoms with Crippen LogP contribution in [0.15, 0.2) is 24.3 Å². The van der Waals surface area contributed by atoms with Crippen LogP contribution in [-0.2, 0) is 32.7 Å². The third-order valence-electron chi connectivity index (χ3n) is 17.4. The average molecular weight is 1230 g/mol. The first-order chi connectivity index (χ1) is 42.0. The van der Waals surface area contributed by atoms with Gasteiger partial charge in [0.2, 0.25) is 0 Å². The molecule has 2 unspecified atom stereocenters. The maximum absolute atomic E-state index is 12.9. The Hall–Kier alpha value is -1.51. The Morgan fingerprint density at radius 3 is 0.860 bits per heavy atom. The molecule has 0 fully saturated rings. The van der Waals surface area contributed by atoms with Crippen LogP contribution in [0.4, 0.5) is 0 Å². The van der Waals surface area contributed by atoms with Gasteiger partial charge in [0.05, 0.1) is 27.7 Å². The van der Waals surface area contributed by atoms with E-state index in [1.54, 1.807) is 0 Å². The van der Waals surface area contributed by atoms with Crippen molar-refractivity contribution in [1.29, 1.82) is 0 Å². The fourth-order valence-electron chi connectivity index (χ4n) is 11.6. The van der Waals surface area contributed by atoms with Gasteiger partial charge in [-0.2, -0.15) is 0 Å². The van der Waals surface area contributed by atoms with Crippen molar-refractivity contribution in [2.75, 3.05) is 47.5 Å². The van der Waals surface area contributed by atoms with Gasteiger partial charge < -0.3 is 27.9 Å². The maximum Gasteiger partial charge on any atom is 0.306 e. The minimum atomic E-state index is -4.64. The van der Waals surface area contributed by atoms with Gasteiger partial charge in [0.15, 0.2) is 6.10 Å². The van der Waals surface area contributed by atoms with Crippen LogP contribution in [0, 0.1) is 0 Å². The number of likely N-dealkylation sites (N-methyl/N-ethyl adjacent to an activating group) is 1. The van der Waals surface area contributed by atoms with Crippen LogP contribution in [0.1, 0.15) is 399 Å². The minimum Gasteiger partial charge on any atom is -0.756 e. The zero-order valence-electron chi connectivity index (χ0n) is 58.3. The number of nitrogens with zero attached hydrogens (tertiary/aromatic N) is 1. The van der Waals surface area contributed by atoms with E-state index < -0.39 is 26.5 Å². The van der Waals surface area contributed by atoms with Crippen LogP contribution in [0.25, 0.3) is 0 Å². The molecule has 0 amide bonds. The largest absolute Gasteiger partial charge is 0.756 e. The molecule has 0 saturated carbocycles. The van der Waals surface area contributed by atoms with Crippen molar-refractivity contribution in [3.63, 3.8) is 0 Å². The summed E-state index contributed by atoms with van der Waals surface area (Å²) >= 11 is 0. The number of quaternary nitrogens is 1. The number of carbonyl (C=O) groups is 2. The number of unbranched alkanes of at least 4 members (excludes halogenated alkanes) is 54. The summed E-state index contributed by atoms with van der Waals surface area (Å²) in [5, 5.41) is 0. The number of allylic oxidation sites excluding steroid dienone is 4. The molecule has 0 aromatic carbocycles. The highest BCUT2D eigenvalue weighted by Gasteiger charge is 2.22. The molecule has 0 aromatic rings. The lowest BCUT2D eigenvalue weighted by Gasteiger charge is -2.28. The van der Waals surface area contributed by atoms with Gasteiger partial charge in [0.25, 0.3) is 7.82 Å². The van der Waals surface area contributed by atoms with E-state index in [0.717, 1.165) is 32.1 Å². The zero-order valence-corrected chi connectivity index (χ0v) is 59.2. The van der Waals surface area contributed by atoms with Crippen molar-refractivity contribution in [3.05, 3.63) is 24.3 Å². The highest BCUT2D eigenvalue weighted by Crippen LogP contribution is 2.38. The van der Waals surface area contributed by atoms with Crippen molar-refractivity contribution in [3.8, 4) is 0 Å². The van der Waals surface area contributed by atoms with Gasteiger partial charge in [-0.1, -0.05) is 346 Å². The Labute approximate surface area is 536 Å². The summed E-state index contributed by atoms with van der Waals surface area (Å²) in [6.45, 7) is 4.31. The van der Waals surface area contributed by atoms with Crippen molar-refractivity contribution in [2.45, 2.75) is 405 Å². The second-order valence-corrected chi connectivity index (χ2v) is 28.8. The van der Waals surface area contributed by atoms with E-state index >= 15 is 0 Å². The number of phosphoric ester groups is 1. The normalized spacial score (nSPS) is 13.1. The molecule has 0 aromatic heterocycles. The summed E-state index contributed by atoms with van der Waals surface area (Å²) in [6.07, 6.45) is 85.9. The van der Waals surface area contributed by atoms with Gasteiger partial charge >= 0.3 is 11.9 Å². The maximum atomic E-state index is 12.9. The van der Waals surface area contributed by atoms with E-state index in [-0.39, 0.29) is 32.0 Å². The fourth-order valence-corrected chi connectivity index (χ4v) is 12.3. The number of hydrogen-bond acceptors (Lipinski definition) is 8. The summed E-state index contributed by atoms with van der Waals surface area (Å²) in [6, 6.07) is 0. The Balaban J connectivity index is 3.86. The summed E-state index contributed by atoms with van der Waals surface area (Å²) in [7, 11) is 1.19. The summed E-state index contributed by atoms with van der Waals surface area (Å²) in [5.41, 5.74) is 0. The quantitative estimate of drug-likeness (QED) is 0.0195. The van der Waals surface area contributed by atoms with Crippen molar-refractivity contribution < 1.29 is 42.1 Å². The average Bonchev–Trinajstić information content (AvgIpc) is 3.70. The zero-order chi connectivity index (χ0) is 62.6. The van der Waals surface area contributed by atoms with Crippen LogP contribution in [-0.4, -0.2) is 70.0 Å². The van der Waals surface area contributed by atoms with E-state index in [1.165, 1.54) is 334 Å². The van der Waals surface area contributed by atoms with Crippen molar-refractivity contribution >= 4 is 19.8 Å². The molecule has 0 radical (unpaired) electrons. The number of phosphoric acid groups is 1. The summed E-state index contributed by atoms with van der Waals surface area (Å²) in [5.74, 6) is -0.813. The molecule has 0 spiro atoms. The van der Waals surface area contributed by atoms with Gasteiger partial charge in [-0.3, -0.25) is 14.2 Å². The highest BCUT2D eigenvalue weighted by molar-refractivity contribution is 7.45. The van der Waals surface area contributed by atoms with E-state index in [0.29, 0.717) is 17.4 Å². The lowest BCUT2D eigenvalue weighted by atomic mass is 10.0. The van der Waals surface area contributed by atoms with E-state index in [2.05, 4.69) is 38.2 Å². The standard InChI is InChI=1S/C76H148NO8P/c1-6-8-10-12-14-16-18-20-22-24-26-28-29-30-31-32-33-34-35-36-37-38-39-40-41-42-43-44-45-46-47-49-51-53-55-57-59-61-63-65-67-69-76(79)85-74(73-84-86(80,81)83-71-70-77(3,4)5)72-82-75(78)68-66-64-62-60-58-56-54-52-50-48-27-25-23-21-19-17-15-13-11-9-7-2/h24-27,74H,6-23,28-73H2,1-5H3/b26-24-,27-25-. The lowest BCUT2D eigenvalue weighted by molar-refractivity contribution is -0.870. The number of ether oxygens (including phenoxy) is 2. The van der Waals surface area contributed by atoms with Crippen LogP contribution >= 0.6 is 7.82 Å². The first-order valence-corrected chi connectivity index (χ1v) is 39.5. The molecule has 510 valence electrons. The first-order valence-electron chi connectivity index (χ1n) is 38.0.